The van der Waals surface area contributed by atoms with Crippen molar-refractivity contribution >= 4 is 39.3 Å². The van der Waals surface area contributed by atoms with E-state index in [1.807, 2.05) is 52.9 Å². The number of aromatic nitrogens is 4. The number of nitrogens with zero attached hydrogens (tertiary/aromatic N) is 5. The van der Waals surface area contributed by atoms with Crippen LogP contribution in [0.4, 0.5) is 15.9 Å². The van der Waals surface area contributed by atoms with Crippen molar-refractivity contribution in [1.82, 2.24) is 24.4 Å². The molecular weight excluding hydrogens is 547 g/mol. The summed E-state index contributed by atoms with van der Waals surface area (Å²) >= 11 is 0. The average molecular weight is 579 g/mol. The van der Waals surface area contributed by atoms with E-state index in [1.165, 1.54) is 12.4 Å². The maximum atomic E-state index is 15.6. The summed E-state index contributed by atoms with van der Waals surface area (Å²) in [6.07, 6.45) is 8.11. The molecule has 2 fully saturated rings. The lowest BCUT2D eigenvalue weighted by molar-refractivity contribution is -0.131. The number of aryl methyl sites for hydroxylation is 1. The number of carbonyl (C=O) groups excluding carboxylic acids is 1. The molecule has 0 saturated carbocycles. The van der Waals surface area contributed by atoms with Crippen molar-refractivity contribution in [2.75, 3.05) is 5.32 Å². The first kappa shape index (κ1) is 26.9. The second-order valence-corrected chi connectivity index (χ2v) is 11.2. The number of piperidine rings is 1. The van der Waals surface area contributed by atoms with Crippen LogP contribution in [0.5, 0.6) is 17.2 Å². The summed E-state index contributed by atoms with van der Waals surface area (Å²) in [5.41, 5.74) is 3.13. The quantitative estimate of drug-likeness (QED) is 0.218. The van der Waals surface area contributed by atoms with Gasteiger partial charge in [-0.3, -0.25) is 4.79 Å². The summed E-state index contributed by atoms with van der Waals surface area (Å²) in [5, 5.41) is 3.86. The Morgan fingerprint density at radius 3 is 2.60 bits per heavy atom. The molecule has 2 aliphatic heterocycles. The van der Waals surface area contributed by atoms with Gasteiger partial charge in [0.15, 0.2) is 5.82 Å². The fraction of sp³-hybridized carbons (Fsp3) is 0.273. The van der Waals surface area contributed by atoms with E-state index in [0.717, 1.165) is 36.7 Å². The van der Waals surface area contributed by atoms with Gasteiger partial charge in [0.2, 0.25) is 5.91 Å². The highest BCUT2D eigenvalue weighted by Gasteiger charge is 2.43. The van der Waals surface area contributed by atoms with E-state index in [9.17, 15) is 4.79 Å². The Balaban J connectivity index is 1.10. The van der Waals surface area contributed by atoms with Gasteiger partial charge in [0.1, 0.15) is 35.5 Å². The monoisotopic (exact) mass is 578 g/mol. The summed E-state index contributed by atoms with van der Waals surface area (Å²) in [6, 6.07) is 15.0. The minimum atomic E-state index is -0.438. The second kappa shape index (κ2) is 10.7. The van der Waals surface area contributed by atoms with Crippen LogP contribution in [0.15, 0.2) is 73.8 Å². The summed E-state index contributed by atoms with van der Waals surface area (Å²) in [7, 11) is 1.93. The number of benzene rings is 3. The van der Waals surface area contributed by atoms with Gasteiger partial charge in [0.25, 0.3) is 0 Å². The summed E-state index contributed by atoms with van der Waals surface area (Å²) in [4.78, 5) is 27.5. The van der Waals surface area contributed by atoms with Crippen LogP contribution < -0.4 is 14.8 Å². The van der Waals surface area contributed by atoms with Gasteiger partial charge in [-0.1, -0.05) is 6.58 Å². The van der Waals surface area contributed by atoms with Crippen molar-refractivity contribution in [2.24, 2.45) is 7.05 Å². The lowest BCUT2D eigenvalue weighted by Crippen LogP contribution is -2.48. The average Bonchev–Trinajstić information content (AvgIpc) is 3.52. The van der Waals surface area contributed by atoms with Gasteiger partial charge in [-0.05, 0) is 68.3 Å². The molecule has 10 heteroatoms. The molecule has 2 saturated heterocycles. The molecule has 0 aliphatic carbocycles. The molecule has 0 radical (unpaired) electrons. The third-order valence-corrected chi connectivity index (χ3v) is 8.54. The Bertz CT molecular complexity index is 1870. The molecule has 3 aromatic carbocycles. The number of fused-ring (bicyclic) bond motifs is 4. The third-order valence-electron chi connectivity index (χ3n) is 8.54. The van der Waals surface area contributed by atoms with Crippen LogP contribution in [0.1, 0.15) is 31.2 Å². The van der Waals surface area contributed by atoms with E-state index in [-0.39, 0.29) is 29.8 Å². The van der Waals surface area contributed by atoms with Crippen LogP contribution in [0.3, 0.4) is 0 Å². The Labute approximate surface area is 248 Å². The summed E-state index contributed by atoms with van der Waals surface area (Å²) in [6.45, 7) is 5.34. The predicted octanol–water partition coefficient (Wildman–Crippen LogP) is 6.59. The molecule has 9 nitrogen and oxygen atoms in total. The van der Waals surface area contributed by atoms with Crippen LogP contribution in [-0.4, -0.2) is 48.5 Å². The van der Waals surface area contributed by atoms with Crippen molar-refractivity contribution in [3.05, 3.63) is 85.2 Å². The molecule has 4 heterocycles. The van der Waals surface area contributed by atoms with Crippen molar-refractivity contribution in [3.63, 3.8) is 0 Å². The van der Waals surface area contributed by atoms with Crippen molar-refractivity contribution in [2.45, 2.75) is 50.8 Å². The van der Waals surface area contributed by atoms with Crippen LogP contribution in [0.2, 0.25) is 0 Å². The number of nitrogens with one attached hydrogen (secondary N) is 1. The van der Waals surface area contributed by atoms with E-state index in [0.29, 0.717) is 39.5 Å². The van der Waals surface area contributed by atoms with E-state index in [2.05, 4.69) is 26.8 Å². The molecule has 5 aromatic rings. The maximum Gasteiger partial charge on any atom is 0.246 e. The SMILES string of the molecule is C=CC(=O)N1C2CCC1CC(Oc1ccc3ncnc(Nc4ccc(Oc5ccc6c(c5)ncn6C)c(C)c4F)c3c1)C2. The van der Waals surface area contributed by atoms with Crippen LogP contribution >= 0.6 is 0 Å². The normalized spacial score (nSPS) is 19.5. The molecule has 218 valence electrons. The molecule has 43 heavy (non-hydrogen) atoms. The molecule has 0 spiro atoms. The van der Waals surface area contributed by atoms with E-state index in [4.69, 9.17) is 9.47 Å². The van der Waals surface area contributed by atoms with Gasteiger partial charge in [-0.2, -0.15) is 0 Å². The third kappa shape index (κ3) is 4.92. The predicted molar refractivity (Wildman–Crippen MR) is 162 cm³/mol. The molecule has 2 aliphatic rings. The number of amides is 1. The molecule has 7 rings (SSSR count). The number of hydrogen-bond donors (Lipinski definition) is 1. The number of imidazole rings is 1. The van der Waals surface area contributed by atoms with Gasteiger partial charge in [0.05, 0.1) is 28.6 Å². The fourth-order valence-corrected chi connectivity index (χ4v) is 6.40. The van der Waals surface area contributed by atoms with Gasteiger partial charge in [0, 0.05) is 49.0 Å². The zero-order chi connectivity index (χ0) is 29.7. The van der Waals surface area contributed by atoms with Crippen molar-refractivity contribution in [1.29, 1.82) is 0 Å². The highest BCUT2D eigenvalue weighted by Crippen LogP contribution is 2.39. The molecule has 2 atom stereocenters. The van der Waals surface area contributed by atoms with Crippen LogP contribution in [-0.2, 0) is 11.8 Å². The number of hydrogen-bond acceptors (Lipinski definition) is 7. The van der Waals surface area contributed by atoms with Gasteiger partial charge < -0.3 is 24.3 Å². The molecule has 1 N–H and O–H groups in total. The standard InChI is InChI=1S/C33H31FN6O3/c1-4-31(41)40-20-5-6-21(40)14-24(13-20)42-22-7-9-26-25(15-22)33(36-17-35-26)38-27-10-12-30(19(2)32(27)34)43-23-8-11-29-28(16-23)37-18-39(29)3/h4,7-12,15-18,20-21,24H,1,5-6,13-14H2,2-3H3,(H,35,36,38). The summed E-state index contributed by atoms with van der Waals surface area (Å²) < 4.78 is 30.0. The number of anilines is 2. The topological polar surface area (TPSA) is 94.4 Å². The van der Waals surface area contributed by atoms with E-state index >= 15 is 4.39 Å². The Morgan fingerprint density at radius 2 is 1.81 bits per heavy atom. The Morgan fingerprint density at radius 1 is 1.02 bits per heavy atom. The highest BCUT2D eigenvalue weighted by atomic mass is 19.1. The Kier molecular flexibility index (Phi) is 6.68. The minimum Gasteiger partial charge on any atom is -0.490 e. The lowest BCUT2D eigenvalue weighted by atomic mass is 9.99. The number of carbonyl (C=O) groups is 1. The maximum absolute atomic E-state index is 15.6. The second-order valence-electron chi connectivity index (χ2n) is 11.2. The van der Waals surface area contributed by atoms with Crippen molar-refractivity contribution in [3.8, 4) is 17.2 Å². The molecule has 2 unspecified atom stereocenters. The van der Waals surface area contributed by atoms with Gasteiger partial charge in [-0.15, -0.1) is 0 Å². The fourth-order valence-electron chi connectivity index (χ4n) is 6.40. The molecule has 1 amide bonds. The highest BCUT2D eigenvalue weighted by molar-refractivity contribution is 5.92. The Hall–Kier alpha value is -4.99. The first-order valence-corrected chi connectivity index (χ1v) is 14.4. The molecular formula is C33H31FN6O3. The minimum absolute atomic E-state index is 0.00225. The van der Waals surface area contributed by atoms with Crippen LogP contribution in [0.25, 0.3) is 21.9 Å². The number of rotatable bonds is 7. The lowest BCUT2D eigenvalue weighted by Gasteiger charge is -2.38. The smallest absolute Gasteiger partial charge is 0.246 e. The summed E-state index contributed by atoms with van der Waals surface area (Å²) in [5.74, 6) is 1.70. The van der Waals surface area contributed by atoms with Crippen LogP contribution in [0, 0.1) is 12.7 Å². The van der Waals surface area contributed by atoms with Gasteiger partial charge in [-0.25, -0.2) is 19.3 Å². The van der Waals surface area contributed by atoms with E-state index < -0.39 is 5.82 Å². The molecule has 2 aromatic heterocycles. The number of ether oxygens (including phenoxy) is 2. The zero-order valence-corrected chi connectivity index (χ0v) is 24.0. The first-order chi connectivity index (χ1) is 20.9. The van der Waals surface area contributed by atoms with E-state index in [1.54, 1.807) is 25.4 Å². The van der Waals surface area contributed by atoms with Gasteiger partial charge >= 0.3 is 0 Å². The largest absolute Gasteiger partial charge is 0.490 e. The number of halogens is 1. The molecule has 2 bridgehead atoms. The van der Waals surface area contributed by atoms with Crippen molar-refractivity contribution < 1.29 is 18.7 Å². The zero-order valence-electron chi connectivity index (χ0n) is 24.0. The first-order valence-electron chi connectivity index (χ1n) is 14.4.